The largest absolute Gasteiger partial charge is 0.364 e. The van der Waals surface area contributed by atoms with Crippen LogP contribution in [-0.4, -0.2) is 21.4 Å². The quantitative estimate of drug-likeness (QED) is 0.890. The fraction of sp³-hybridized carbons (Fsp3) is 0.0833. The first kappa shape index (κ1) is 13.1. The molecular formula is C12H11ClN4O2. The average molecular weight is 279 g/mol. The Balaban J connectivity index is 2.15. The van der Waals surface area contributed by atoms with Gasteiger partial charge in [-0.2, -0.15) is 0 Å². The lowest BCUT2D eigenvalue weighted by Gasteiger charge is -2.05. The molecule has 6 nitrogen and oxygen atoms in total. The van der Waals surface area contributed by atoms with Gasteiger partial charge < -0.3 is 15.6 Å². The zero-order valence-electron chi connectivity index (χ0n) is 10.1. The number of pyridine rings is 1. The van der Waals surface area contributed by atoms with Crippen LogP contribution in [0.2, 0.25) is 5.02 Å². The number of halogens is 1. The molecule has 2 amide bonds. The van der Waals surface area contributed by atoms with Crippen LogP contribution < -0.4 is 11.1 Å². The highest BCUT2D eigenvalue weighted by molar-refractivity contribution is 6.31. The highest BCUT2D eigenvalue weighted by atomic mass is 35.5. The second kappa shape index (κ2) is 5.11. The molecule has 0 aliphatic carbocycles. The van der Waals surface area contributed by atoms with Crippen molar-refractivity contribution in [2.45, 2.75) is 0 Å². The highest BCUT2D eigenvalue weighted by Crippen LogP contribution is 2.14. The van der Waals surface area contributed by atoms with Gasteiger partial charge in [0.1, 0.15) is 11.4 Å². The van der Waals surface area contributed by atoms with E-state index in [9.17, 15) is 9.59 Å². The average Bonchev–Trinajstić information content (AvgIpc) is 2.69. The van der Waals surface area contributed by atoms with Crippen LogP contribution in [-0.2, 0) is 7.05 Å². The summed E-state index contributed by atoms with van der Waals surface area (Å²) in [6, 6.07) is 4.55. The molecule has 98 valence electrons. The molecule has 0 unspecified atom stereocenters. The molecule has 0 bridgehead atoms. The second-order valence-electron chi connectivity index (χ2n) is 3.90. The van der Waals surface area contributed by atoms with Gasteiger partial charge in [-0.3, -0.25) is 9.59 Å². The Kier molecular flexibility index (Phi) is 3.52. The summed E-state index contributed by atoms with van der Waals surface area (Å²) in [6.07, 6.45) is 2.99. The van der Waals surface area contributed by atoms with Crippen LogP contribution in [0.1, 0.15) is 21.0 Å². The molecule has 2 aromatic rings. The van der Waals surface area contributed by atoms with Gasteiger partial charge in [-0.05, 0) is 18.2 Å². The molecule has 2 heterocycles. The van der Waals surface area contributed by atoms with Crippen LogP contribution in [0.3, 0.4) is 0 Å². The number of rotatable bonds is 3. The van der Waals surface area contributed by atoms with E-state index in [1.54, 1.807) is 29.9 Å². The van der Waals surface area contributed by atoms with Crippen LogP contribution in [0.15, 0.2) is 30.6 Å². The number of carbonyl (C=O) groups excluding carboxylic acids is 2. The molecule has 2 aromatic heterocycles. The molecule has 0 fully saturated rings. The summed E-state index contributed by atoms with van der Waals surface area (Å²) in [5.74, 6) is -0.935. The van der Waals surface area contributed by atoms with E-state index in [1.807, 2.05) is 0 Å². The summed E-state index contributed by atoms with van der Waals surface area (Å²) in [4.78, 5) is 26.6. The Bertz CT molecular complexity index is 634. The molecule has 3 N–H and O–H groups in total. The van der Waals surface area contributed by atoms with Gasteiger partial charge >= 0.3 is 0 Å². The number of anilines is 1. The molecule has 0 spiro atoms. The Morgan fingerprint density at radius 1 is 1.42 bits per heavy atom. The van der Waals surface area contributed by atoms with Crippen molar-refractivity contribution in [3.8, 4) is 0 Å². The van der Waals surface area contributed by atoms with E-state index < -0.39 is 5.91 Å². The van der Waals surface area contributed by atoms with Crippen LogP contribution in [0, 0.1) is 0 Å². The fourth-order valence-corrected chi connectivity index (χ4v) is 1.81. The van der Waals surface area contributed by atoms with E-state index in [0.717, 1.165) is 0 Å². The Morgan fingerprint density at radius 3 is 2.63 bits per heavy atom. The molecule has 0 aliphatic rings. The molecule has 19 heavy (non-hydrogen) atoms. The molecule has 0 aliphatic heterocycles. The maximum Gasteiger partial charge on any atom is 0.272 e. The van der Waals surface area contributed by atoms with Crippen LogP contribution in [0.5, 0.6) is 0 Å². The first-order valence-electron chi connectivity index (χ1n) is 5.36. The third-order valence-corrected chi connectivity index (χ3v) is 2.68. The van der Waals surface area contributed by atoms with Crippen molar-refractivity contribution in [1.29, 1.82) is 0 Å². The molecule has 0 saturated heterocycles. The normalized spacial score (nSPS) is 10.2. The van der Waals surface area contributed by atoms with E-state index in [0.29, 0.717) is 16.4 Å². The van der Waals surface area contributed by atoms with Gasteiger partial charge in [0.05, 0.1) is 16.9 Å². The van der Waals surface area contributed by atoms with E-state index in [2.05, 4.69) is 10.3 Å². The van der Waals surface area contributed by atoms with Crippen molar-refractivity contribution in [2.24, 2.45) is 12.8 Å². The van der Waals surface area contributed by atoms with E-state index in [4.69, 9.17) is 17.3 Å². The lowest BCUT2D eigenvalue weighted by molar-refractivity contribution is 0.0993. The molecule has 7 heteroatoms. The minimum Gasteiger partial charge on any atom is -0.364 e. The molecule has 2 rings (SSSR count). The Hall–Kier alpha value is -2.34. The third-order valence-electron chi connectivity index (χ3n) is 2.48. The maximum absolute atomic E-state index is 12.0. The Labute approximate surface area is 114 Å². The van der Waals surface area contributed by atoms with Gasteiger partial charge in [-0.1, -0.05) is 11.6 Å². The number of amides is 2. The molecule has 0 saturated carbocycles. The van der Waals surface area contributed by atoms with Gasteiger partial charge in [-0.25, -0.2) is 4.98 Å². The van der Waals surface area contributed by atoms with Gasteiger partial charge in [0.15, 0.2) is 0 Å². The summed E-state index contributed by atoms with van der Waals surface area (Å²) in [5, 5.41) is 3.13. The minimum atomic E-state index is -0.618. The van der Waals surface area contributed by atoms with E-state index in [-0.39, 0.29) is 11.6 Å². The summed E-state index contributed by atoms with van der Waals surface area (Å²) in [5.41, 5.74) is 6.10. The standard InChI is InChI=1S/C12H11ClN4O2/c1-17-6-7(13)4-10(17)12(19)16-8-2-3-9(11(14)18)15-5-8/h2-6H,1H3,(H2,14,18)(H,16,19). The van der Waals surface area contributed by atoms with Crippen molar-refractivity contribution in [3.63, 3.8) is 0 Å². The SMILES string of the molecule is Cn1cc(Cl)cc1C(=O)Nc1ccc(C(N)=O)nc1. The predicted molar refractivity (Wildman–Crippen MR) is 71.1 cm³/mol. The lowest BCUT2D eigenvalue weighted by atomic mass is 10.3. The molecule has 0 radical (unpaired) electrons. The van der Waals surface area contributed by atoms with E-state index >= 15 is 0 Å². The Morgan fingerprint density at radius 2 is 2.16 bits per heavy atom. The first-order valence-corrected chi connectivity index (χ1v) is 5.74. The van der Waals surface area contributed by atoms with Crippen molar-refractivity contribution in [1.82, 2.24) is 9.55 Å². The number of carbonyl (C=O) groups is 2. The number of hydrogen-bond acceptors (Lipinski definition) is 3. The smallest absolute Gasteiger partial charge is 0.272 e. The zero-order chi connectivity index (χ0) is 14.0. The lowest BCUT2D eigenvalue weighted by Crippen LogP contribution is -2.16. The van der Waals surface area contributed by atoms with Crippen LogP contribution >= 0.6 is 11.6 Å². The van der Waals surface area contributed by atoms with Gasteiger partial charge in [0.25, 0.3) is 11.8 Å². The number of nitrogens with two attached hydrogens (primary N) is 1. The number of nitrogens with zero attached hydrogens (tertiary/aromatic N) is 2. The number of hydrogen-bond donors (Lipinski definition) is 2. The van der Waals surface area contributed by atoms with Crippen LogP contribution in [0.25, 0.3) is 0 Å². The molecular weight excluding hydrogens is 268 g/mol. The summed E-state index contributed by atoms with van der Waals surface area (Å²) < 4.78 is 1.61. The second-order valence-corrected chi connectivity index (χ2v) is 4.34. The monoisotopic (exact) mass is 278 g/mol. The maximum atomic E-state index is 12.0. The predicted octanol–water partition coefficient (Wildman–Crippen LogP) is 1.42. The fourth-order valence-electron chi connectivity index (χ4n) is 1.56. The third kappa shape index (κ3) is 2.92. The topological polar surface area (TPSA) is 90.0 Å². The highest BCUT2D eigenvalue weighted by Gasteiger charge is 2.11. The zero-order valence-corrected chi connectivity index (χ0v) is 10.8. The number of primary amides is 1. The summed E-state index contributed by atoms with van der Waals surface area (Å²) >= 11 is 5.80. The number of nitrogens with one attached hydrogen (secondary N) is 1. The van der Waals surface area contributed by atoms with Crippen molar-refractivity contribution >= 4 is 29.1 Å². The molecule has 0 aromatic carbocycles. The van der Waals surface area contributed by atoms with Crippen molar-refractivity contribution in [2.75, 3.05) is 5.32 Å². The summed E-state index contributed by atoms with van der Waals surface area (Å²) in [6.45, 7) is 0. The molecule has 0 atom stereocenters. The van der Waals surface area contributed by atoms with Crippen LogP contribution in [0.4, 0.5) is 5.69 Å². The van der Waals surface area contributed by atoms with E-state index in [1.165, 1.54) is 12.3 Å². The number of aromatic nitrogens is 2. The van der Waals surface area contributed by atoms with Gasteiger partial charge in [0.2, 0.25) is 0 Å². The van der Waals surface area contributed by atoms with Crippen molar-refractivity contribution in [3.05, 3.63) is 47.0 Å². The number of aryl methyl sites for hydroxylation is 1. The van der Waals surface area contributed by atoms with Gasteiger partial charge in [0, 0.05) is 13.2 Å². The minimum absolute atomic E-state index is 0.139. The first-order chi connectivity index (χ1) is 8.97. The van der Waals surface area contributed by atoms with Crippen molar-refractivity contribution < 1.29 is 9.59 Å². The van der Waals surface area contributed by atoms with Gasteiger partial charge in [-0.15, -0.1) is 0 Å². The summed E-state index contributed by atoms with van der Waals surface area (Å²) in [7, 11) is 1.72.